The second kappa shape index (κ2) is 8.73. The monoisotopic (exact) mass is 371 g/mol. The number of carbonyl (C=O) groups is 2. The van der Waals surface area contributed by atoms with Gasteiger partial charge in [0.05, 0.1) is 24.7 Å². The number of ether oxygens (including phenoxy) is 1. The number of nitrogens with zero attached hydrogens (tertiary/aromatic N) is 1. The maximum absolute atomic E-state index is 12.6. The number of amides is 3. The van der Waals surface area contributed by atoms with Crippen LogP contribution in [0.4, 0.5) is 4.79 Å². The summed E-state index contributed by atoms with van der Waals surface area (Å²) in [6, 6.07) is 8.86. The number of morpholine rings is 1. The molecule has 0 radical (unpaired) electrons. The van der Waals surface area contributed by atoms with Crippen molar-refractivity contribution in [3.63, 3.8) is 0 Å². The summed E-state index contributed by atoms with van der Waals surface area (Å²) in [4.78, 5) is 26.3. The summed E-state index contributed by atoms with van der Waals surface area (Å²) in [7, 11) is 0. The topological polar surface area (TPSA) is 83.8 Å². The number of hydrogen-bond acceptors (Lipinski definition) is 4. The fourth-order valence-corrected chi connectivity index (χ4v) is 3.11. The minimum Gasteiger partial charge on any atom is -0.472 e. The lowest BCUT2D eigenvalue weighted by Crippen LogP contribution is -2.48. The molecule has 0 saturated carbocycles. The molecular formula is C20H25N3O4. The Morgan fingerprint density at radius 3 is 2.22 bits per heavy atom. The molecule has 1 aromatic carbocycles. The summed E-state index contributed by atoms with van der Waals surface area (Å²) in [5, 5.41) is 5.55. The van der Waals surface area contributed by atoms with E-state index < -0.39 is 0 Å². The summed E-state index contributed by atoms with van der Waals surface area (Å²) >= 11 is 0. The summed E-state index contributed by atoms with van der Waals surface area (Å²) < 4.78 is 10.6. The number of rotatable bonds is 5. The van der Waals surface area contributed by atoms with Crippen LogP contribution < -0.4 is 10.6 Å². The SMILES string of the molecule is C[C@@H]1CN(C(=O)c2ccc(CNC(=O)NCc3ccoc3)cc2)C[C@H](C)O1. The van der Waals surface area contributed by atoms with Gasteiger partial charge in [-0.2, -0.15) is 0 Å². The molecule has 2 aromatic rings. The number of nitrogens with one attached hydrogen (secondary N) is 2. The van der Waals surface area contributed by atoms with Crippen molar-refractivity contribution >= 4 is 11.9 Å². The zero-order valence-corrected chi connectivity index (χ0v) is 15.6. The molecule has 3 rings (SSSR count). The summed E-state index contributed by atoms with van der Waals surface area (Å²) in [6.07, 6.45) is 3.24. The lowest BCUT2D eigenvalue weighted by atomic mass is 10.1. The highest BCUT2D eigenvalue weighted by Crippen LogP contribution is 2.15. The molecule has 2 atom stereocenters. The van der Waals surface area contributed by atoms with E-state index in [1.165, 1.54) is 0 Å². The second-order valence-corrected chi connectivity index (χ2v) is 6.83. The third kappa shape index (κ3) is 5.34. The van der Waals surface area contributed by atoms with Crippen LogP contribution >= 0.6 is 0 Å². The van der Waals surface area contributed by atoms with E-state index in [-0.39, 0.29) is 24.1 Å². The van der Waals surface area contributed by atoms with E-state index in [4.69, 9.17) is 9.15 Å². The Bertz CT molecular complexity index is 748. The Morgan fingerprint density at radius 2 is 1.63 bits per heavy atom. The number of benzene rings is 1. The maximum atomic E-state index is 12.6. The van der Waals surface area contributed by atoms with E-state index in [0.29, 0.717) is 31.7 Å². The lowest BCUT2D eigenvalue weighted by molar-refractivity contribution is -0.0586. The van der Waals surface area contributed by atoms with Crippen molar-refractivity contribution in [3.8, 4) is 0 Å². The van der Waals surface area contributed by atoms with Crippen LogP contribution in [0.5, 0.6) is 0 Å². The minimum atomic E-state index is -0.257. The van der Waals surface area contributed by atoms with Gasteiger partial charge in [-0.15, -0.1) is 0 Å². The highest BCUT2D eigenvalue weighted by atomic mass is 16.5. The zero-order valence-electron chi connectivity index (χ0n) is 15.6. The fraction of sp³-hybridized carbons (Fsp3) is 0.400. The molecule has 27 heavy (non-hydrogen) atoms. The van der Waals surface area contributed by atoms with E-state index in [1.807, 2.05) is 30.9 Å². The highest BCUT2D eigenvalue weighted by Gasteiger charge is 2.26. The van der Waals surface area contributed by atoms with Crippen LogP contribution in [-0.2, 0) is 17.8 Å². The van der Waals surface area contributed by atoms with E-state index >= 15 is 0 Å². The van der Waals surface area contributed by atoms with Gasteiger partial charge in [0.15, 0.2) is 0 Å². The molecule has 7 nitrogen and oxygen atoms in total. The quantitative estimate of drug-likeness (QED) is 0.846. The van der Waals surface area contributed by atoms with Gasteiger partial charge in [-0.05, 0) is 37.6 Å². The minimum absolute atomic E-state index is 0.00867. The van der Waals surface area contributed by atoms with Gasteiger partial charge in [-0.1, -0.05) is 12.1 Å². The standard InChI is InChI=1S/C20H25N3O4/c1-14-11-23(12-15(2)27-14)19(24)18-5-3-16(4-6-18)9-21-20(25)22-10-17-7-8-26-13-17/h3-8,13-15H,9-12H2,1-2H3,(H2,21,22,25)/t14-,15+. The van der Waals surface area contributed by atoms with Crippen molar-refractivity contribution < 1.29 is 18.7 Å². The normalized spacial score (nSPS) is 19.6. The van der Waals surface area contributed by atoms with Gasteiger partial charge in [0.1, 0.15) is 0 Å². The number of hydrogen-bond donors (Lipinski definition) is 2. The van der Waals surface area contributed by atoms with Gasteiger partial charge in [0.25, 0.3) is 5.91 Å². The zero-order chi connectivity index (χ0) is 19.2. The van der Waals surface area contributed by atoms with Crippen molar-refractivity contribution in [2.24, 2.45) is 0 Å². The van der Waals surface area contributed by atoms with Gasteiger partial charge < -0.3 is 24.7 Å². The highest BCUT2D eigenvalue weighted by molar-refractivity contribution is 5.94. The molecule has 3 amide bonds. The third-order valence-corrected chi connectivity index (χ3v) is 4.39. The molecule has 1 aliphatic heterocycles. The van der Waals surface area contributed by atoms with Crippen LogP contribution in [0.15, 0.2) is 47.3 Å². The average Bonchev–Trinajstić information content (AvgIpc) is 3.17. The first kappa shape index (κ1) is 19.0. The van der Waals surface area contributed by atoms with E-state index in [0.717, 1.165) is 11.1 Å². The summed E-state index contributed by atoms with van der Waals surface area (Å²) in [5.41, 5.74) is 2.47. The summed E-state index contributed by atoms with van der Waals surface area (Å²) in [6.45, 7) is 5.95. The van der Waals surface area contributed by atoms with Gasteiger partial charge in [0, 0.05) is 37.3 Å². The van der Waals surface area contributed by atoms with Crippen molar-refractivity contribution in [2.75, 3.05) is 13.1 Å². The first-order valence-corrected chi connectivity index (χ1v) is 9.07. The van der Waals surface area contributed by atoms with Gasteiger partial charge in [0.2, 0.25) is 0 Å². The van der Waals surface area contributed by atoms with Crippen LogP contribution in [0, 0.1) is 0 Å². The Hall–Kier alpha value is -2.80. The largest absolute Gasteiger partial charge is 0.472 e. The van der Waals surface area contributed by atoms with Crippen LogP contribution in [0.3, 0.4) is 0 Å². The lowest BCUT2D eigenvalue weighted by Gasteiger charge is -2.35. The van der Waals surface area contributed by atoms with Crippen molar-refractivity contribution in [2.45, 2.75) is 39.1 Å². The van der Waals surface area contributed by atoms with Crippen LogP contribution in [-0.4, -0.2) is 42.1 Å². The maximum Gasteiger partial charge on any atom is 0.315 e. The Balaban J connectivity index is 1.48. The molecule has 1 saturated heterocycles. The molecule has 0 bridgehead atoms. The molecular weight excluding hydrogens is 346 g/mol. The van der Waals surface area contributed by atoms with Crippen LogP contribution in [0.2, 0.25) is 0 Å². The molecule has 2 heterocycles. The molecule has 1 fully saturated rings. The summed E-state index contributed by atoms with van der Waals surface area (Å²) in [5.74, 6) is 0.00867. The van der Waals surface area contributed by atoms with E-state index in [9.17, 15) is 9.59 Å². The Morgan fingerprint density at radius 1 is 1.00 bits per heavy atom. The molecule has 1 aliphatic rings. The molecule has 7 heteroatoms. The van der Waals surface area contributed by atoms with Gasteiger partial charge in [-0.3, -0.25) is 4.79 Å². The van der Waals surface area contributed by atoms with Crippen molar-refractivity contribution in [1.82, 2.24) is 15.5 Å². The molecule has 1 aromatic heterocycles. The second-order valence-electron chi connectivity index (χ2n) is 6.83. The van der Waals surface area contributed by atoms with Crippen molar-refractivity contribution in [3.05, 3.63) is 59.5 Å². The van der Waals surface area contributed by atoms with E-state index in [1.54, 1.807) is 30.7 Å². The Kier molecular flexibility index (Phi) is 6.13. The third-order valence-electron chi connectivity index (χ3n) is 4.39. The molecule has 0 spiro atoms. The molecule has 144 valence electrons. The van der Waals surface area contributed by atoms with Gasteiger partial charge in [-0.25, -0.2) is 4.79 Å². The van der Waals surface area contributed by atoms with Gasteiger partial charge >= 0.3 is 6.03 Å². The predicted octanol–water partition coefficient (Wildman–Crippen LogP) is 2.53. The number of urea groups is 1. The fourth-order valence-electron chi connectivity index (χ4n) is 3.11. The van der Waals surface area contributed by atoms with Crippen LogP contribution in [0.1, 0.15) is 35.3 Å². The predicted molar refractivity (Wildman–Crippen MR) is 100 cm³/mol. The smallest absolute Gasteiger partial charge is 0.315 e. The average molecular weight is 371 g/mol. The first-order valence-electron chi connectivity index (χ1n) is 9.07. The number of furan rings is 1. The number of carbonyl (C=O) groups excluding carboxylic acids is 2. The first-order chi connectivity index (χ1) is 13.0. The van der Waals surface area contributed by atoms with Crippen molar-refractivity contribution in [1.29, 1.82) is 0 Å². The Labute approximate surface area is 158 Å². The molecule has 2 N–H and O–H groups in total. The van der Waals surface area contributed by atoms with E-state index in [2.05, 4.69) is 10.6 Å². The molecule has 0 aliphatic carbocycles. The molecule has 0 unspecified atom stereocenters. The van der Waals surface area contributed by atoms with Crippen LogP contribution in [0.25, 0.3) is 0 Å².